The third-order valence-corrected chi connectivity index (χ3v) is 5.61. The fourth-order valence-corrected chi connectivity index (χ4v) is 4.00. The van der Waals surface area contributed by atoms with Crippen molar-refractivity contribution in [3.63, 3.8) is 0 Å². The van der Waals surface area contributed by atoms with Gasteiger partial charge in [-0.3, -0.25) is 4.79 Å². The van der Waals surface area contributed by atoms with E-state index in [1.54, 1.807) is 0 Å². The molecule has 0 aliphatic carbocycles. The van der Waals surface area contributed by atoms with Crippen LogP contribution in [0.1, 0.15) is 37.7 Å². The minimum absolute atomic E-state index is 0. The Morgan fingerprint density at radius 1 is 1.33 bits per heavy atom. The standard InChI is InChI=1S/C18H25BrN2O2.ClH/c19-15-5-3-4-14(12-15)18(7-10-23-11-8-18)13-21-17(22)16-6-1-2-9-20-16;/h3-5,12,16,20H,1-2,6-11,13H2,(H,21,22);1H. The van der Waals surface area contributed by atoms with E-state index in [0.717, 1.165) is 49.9 Å². The molecular weight excluding hydrogens is 392 g/mol. The Morgan fingerprint density at radius 3 is 2.79 bits per heavy atom. The zero-order chi connectivity index (χ0) is 16.1. The predicted octanol–water partition coefficient (Wildman–Crippen LogP) is 3.18. The van der Waals surface area contributed by atoms with E-state index in [-0.39, 0.29) is 29.8 Å². The van der Waals surface area contributed by atoms with Crippen LogP contribution in [0.2, 0.25) is 0 Å². The third kappa shape index (κ3) is 4.72. The third-order valence-electron chi connectivity index (χ3n) is 5.11. The second kappa shape index (κ2) is 9.18. The summed E-state index contributed by atoms with van der Waals surface area (Å²) in [6.45, 7) is 3.14. The maximum Gasteiger partial charge on any atom is 0.237 e. The Bertz CT molecular complexity index is 544. The van der Waals surface area contributed by atoms with Gasteiger partial charge in [0.25, 0.3) is 0 Å². The first kappa shape index (κ1) is 19.7. The van der Waals surface area contributed by atoms with Crippen molar-refractivity contribution in [2.75, 3.05) is 26.3 Å². The maximum absolute atomic E-state index is 12.5. The van der Waals surface area contributed by atoms with E-state index in [4.69, 9.17) is 4.74 Å². The van der Waals surface area contributed by atoms with E-state index >= 15 is 0 Å². The minimum Gasteiger partial charge on any atom is -0.381 e. The molecule has 2 aliphatic heterocycles. The highest BCUT2D eigenvalue weighted by molar-refractivity contribution is 9.10. The van der Waals surface area contributed by atoms with Gasteiger partial charge in [-0.25, -0.2) is 0 Å². The largest absolute Gasteiger partial charge is 0.381 e. The van der Waals surface area contributed by atoms with Gasteiger partial charge in [0, 0.05) is 29.6 Å². The zero-order valence-electron chi connectivity index (χ0n) is 13.9. The number of carbonyl (C=O) groups excluding carboxylic acids is 1. The number of hydrogen-bond acceptors (Lipinski definition) is 3. The van der Waals surface area contributed by atoms with E-state index in [1.807, 2.05) is 6.07 Å². The van der Waals surface area contributed by atoms with E-state index in [2.05, 4.69) is 44.8 Å². The topological polar surface area (TPSA) is 50.4 Å². The molecule has 24 heavy (non-hydrogen) atoms. The highest BCUT2D eigenvalue weighted by Crippen LogP contribution is 2.35. The molecule has 4 nitrogen and oxygen atoms in total. The van der Waals surface area contributed by atoms with Crippen molar-refractivity contribution < 1.29 is 9.53 Å². The molecule has 1 unspecified atom stereocenters. The van der Waals surface area contributed by atoms with Gasteiger partial charge in [0.05, 0.1) is 6.04 Å². The summed E-state index contributed by atoms with van der Waals surface area (Å²) < 4.78 is 6.65. The number of halogens is 2. The molecule has 0 bridgehead atoms. The molecule has 2 aliphatic rings. The van der Waals surface area contributed by atoms with E-state index in [0.29, 0.717) is 6.54 Å². The number of amides is 1. The van der Waals surface area contributed by atoms with Crippen LogP contribution in [0, 0.1) is 0 Å². The quantitative estimate of drug-likeness (QED) is 0.791. The van der Waals surface area contributed by atoms with Crippen LogP contribution in [-0.4, -0.2) is 38.3 Å². The number of benzene rings is 1. The monoisotopic (exact) mass is 416 g/mol. The Labute approximate surface area is 158 Å². The van der Waals surface area contributed by atoms with Crippen LogP contribution in [-0.2, 0) is 14.9 Å². The van der Waals surface area contributed by atoms with Gasteiger partial charge in [-0.05, 0) is 49.9 Å². The van der Waals surface area contributed by atoms with Crippen molar-refractivity contribution >= 4 is 34.2 Å². The van der Waals surface area contributed by atoms with E-state index in [9.17, 15) is 4.79 Å². The molecule has 2 saturated heterocycles. The van der Waals surface area contributed by atoms with Crippen LogP contribution < -0.4 is 10.6 Å². The SMILES string of the molecule is Cl.O=C(NCC1(c2cccc(Br)c2)CCOCC1)C1CCCCN1. The Balaban J connectivity index is 0.00000208. The van der Waals surface area contributed by atoms with Gasteiger partial charge in [-0.1, -0.05) is 34.5 Å². The smallest absolute Gasteiger partial charge is 0.237 e. The Morgan fingerprint density at radius 2 is 2.12 bits per heavy atom. The van der Waals surface area contributed by atoms with Gasteiger partial charge >= 0.3 is 0 Å². The van der Waals surface area contributed by atoms with E-state index < -0.39 is 0 Å². The summed E-state index contributed by atoms with van der Waals surface area (Å²) in [5, 5.41) is 6.53. The zero-order valence-corrected chi connectivity index (χ0v) is 16.3. The Kier molecular flexibility index (Phi) is 7.54. The number of nitrogens with one attached hydrogen (secondary N) is 2. The Hall–Kier alpha value is -0.620. The van der Waals surface area contributed by atoms with Gasteiger partial charge in [-0.2, -0.15) is 0 Å². The maximum atomic E-state index is 12.5. The van der Waals surface area contributed by atoms with Crippen LogP contribution in [0.3, 0.4) is 0 Å². The molecule has 0 radical (unpaired) electrons. The van der Waals surface area contributed by atoms with Crippen LogP contribution in [0.25, 0.3) is 0 Å². The van der Waals surface area contributed by atoms with Crippen molar-refractivity contribution in [3.8, 4) is 0 Å². The van der Waals surface area contributed by atoms with Gasteiger partial charge in [0.1, 0.15) is 0 Å². The highest BCUT2D eigenvalue weighted by Gasteiger charge is 2.35. The van der Waals surface area contributed by atoms with Crippen LogP contribution in [0.5, 0.6) is 0 Å². The average molecular weight is 418 g/mol. The highest BCUT2D eigenvalue weighted by atomic mass is 79.9. The van der Waals surface area contributed by atoms with Gasteiger partial charge in [0.2, 0.25) is 5.91 Å². The lowest BCUT2D eigenvalue weighted by molar-refractivity contribution is -0.124. The number of piperidine rings is 1. The molecule has 0 saturated carbocycles. The molecular formula is C18H26BrClN2O2. The fraction of sp³-hybridized carbons (Fsp3) is 0.611. The molecule has 1 aromatic rings. The van der Waals surface area contributed by atoms with Crippen LogP contribution in [0.4, 0.5) is 0 Å². The lowest BCUT2D eigenvalue weighted by Crippen LogP contribution is -2.51. The predicted molar refractivity (Wildman–Crippen MR) is 102 cm³/mol. The summed E-state index contributed by atoms with van der Waals surface area (Å²) in [5.74, 6) is 0.144. The fourth-order valence-electron chi connectivity index (χ4n) is 3.60. The second-order valence-corrected chi connectivity index (χ2v) is 7.54. The molecule has 2 fully saturated rings. The molecule has 2 heterocycles. The number of carbonyl (C=O) groups is 1. The van der Waals surface area contributed by atoms with Gasteiger partial charge in [0.15, 0.2) is 0 Å². The van der Waals surface area contributed by atoms with Crippen molar-refractivity contribution in [1.82, 2.24) is 10.6 Å². The molecule has 6 heteroatoms. The molecule has 1 amide bonds. The summed E-state index contributed by atoms with van der Waals surface area (Å²) in [6.07, 6.45) is 5.14. The van der Waals surface area contributed by atoms with E-state index in [1.165, 1.54) is 12.0 Å². The first-order valence-corrected chi connectivity index (χ1v) is 9.34. The van der Waals surface area contributed by atoms with Gasteiger partial charge < -0.3 is 15.4 Å². The summed E-state index contributed by atoms with van der Waals surface area (Å²) in [6, 6.07) is 8.43. The lowest BCUT2D eigenvalue weighted by atomic mass is 9.74. The van der Waals surface area contributed by atoms with Gasteiger partial charge in [-0.15, -0.1) is 12.4 Å². The van der Waals surface area contributed by atoms with Crippen LogP contribution in [0.15, 0.2) is 28.7 Å². The van der Waals surface area contributed by atoms with Crippen molar-refractivity contribution in [2.24, 2.45) is 0 Å². The molecule has 1 atom stereocenters. The summed E-state index contributed by atoms with van der Waals surface area (Å²) in [4.78, 5) is 12.5. The molecule has 134 valence electrons. The average Bonchev–Trinajstić information content (AvgIpc) is 2.61. The first-order chi connectivity index (χ1) is 11.2. The lowest BCUT2D eigenvalue weighted by Gasteiger charge is -2.38. The van der Waals surface area contributed by atoms with Crippen molar-refractivity contribution in [1.29, 1.82) is 0 Å². The minimum atomic E-state index is -0.0249. The van der Waals surface area contributed by atoms with Crippen molar-refractivity contribution in [3.05, 3.63) is 34.3 Å². The van der Waals surface area contributed by atoms with Crippen molar-refractivity contribution in [2.45, 2.75) is 43.6 Å². The first-order valence-electron chi connectivity index (χ1n) is 8.55. The summed E-state index contributed by atoms with van der Waals surface area (Å²) in [7, 11) is 0. The second-order valence-electron chi connectivity index (χ2n) is 6.62. The number of rotatable bonds is 4. The normalized spacial score (nSPS) is 23.1. The summed E-state index contributed by atoms with van der Waals surface area (Å²) >= 11 is 3.57. The molecule has 0 aromatic heterocycles. The number of ether oxygens (including phenoxy) is 1. The molecule has 1 aromatic carbocycles. The van der Waals surface area contributed by atoms with Crippen LogP contribution >= 0.6 is 28.3 Å². The molecule has 2 N–H and O–H groups in total. The number of hydrogen-bond donors (Lipinski definition) is 2. The molecule has 3 rings (SSSR count). The molecule has 0 spiro atoms. The summed E-state index contributed by atoms with van der Waals surface area (Å²) in [5.41, 5.74) is 1.26.